The number of hydrogen-bond acceptors (Lipinski definition) is 3. The third-order valence-corrected chi connectivity index (χ3v) is 5.66. The van der Waals surface area contributed by atoms with Crippen LogP contribution in [0, 0.1) is 5.92 Å². The van der Waals surface area contributed by atoms with Crippen LogP contribution < -0.4 is 5.32 Å². The molecule has 0 bridgehead atoms. The van der Waals surface area contributed by atoms with Crippen LogP contribution >= 0.6 is 0 Å². The van der Waals surface area contributed by atoms with Crippen molar-refractivity contribution < 1.29 is 9.53 Å². The molecule has 0 aromatic heterocycles. The molecule has 1 aromatic carbocycles. The monoisotopic (exact) mass is 314 g/mol. The molecule has 1 amide bonds. The molecular formula is C19H26N2O2. The second kappa shape index (κ2) is 6.25. The molecule has 1 unspecified atom stereocenters. The van der Waals surface area contributed by atoms with Crippen molar-refractivity contribution in [3.05, 3.63) is 35.4 Å². The molecule has 4 nitrogen and oxygen atoms in total. The maximum absolute atomic E-state index is 12.6. The Morgan fingerprint density at radius 3 is 2.91 bits per heavy atom. The van der Waals surface area contributed by atoms with E-state index in [2.05, 4.69) is 10.2 Å². The zero-order valence-electron chi connectivity index (χ0n) is 13.7. The van der Waals surface area contributed by atoms with Gasteiger partial charge in [-0.3, -0.25) is 9.69 Å². The van der Waals surface area contributed by atoms with Gasteiger partial charge in [-0.05, 0) is 30.4 Å². The van der Waals surface area contributed by atoms with Crippen LogP contribution in [0.4, 0.5) is 0 Å². The number of ether oxygens (including phenoxy) is 1. The van der Waals surface area contributed by atoms with Crippen LogP contribution in [0.5, 0.6) is 0 Å². The van der Waals surface area contributed by atoms with E-state index < -0.39 is 5.72 Å². The smallest absolute Gasteiger partial charge is 0.253 e. The highest BCUT2D eigenvalue weighted by atomic mass is 16.5. The summed E-state index contributed by atoms with van der Waals surface area (Å²) in [6.45, 7) is 3.52. The third-order valence-electron chi connectivity index (χ3n) is 5.66. The number of benzene rings is 1. The first-order valence-electron chi connectivity index (χ1n) is 9.01. The van der Waals surface area contributed by atoms with Gasteiger partial charge in [0.05, 0.1) is 6.61 Å². The number of nitrogens with zero attached hydrogens (tertiary/aromatic N) is 1. The average Bonchev–Trinajstić information content (AvgIpc) is 2.90. The summed E-state index contributed by atoms with van der Waals surface area (Å²) in [5.41, 5.74) is 1.26. The predicted octanol–water partition coefficient (Wildman–Crippen LogP) is 2.93. The predicted molar refractivity (Wildman–Crippen MR) is 89.1 cm³/mol. The van der Waals surface area contributed by atoms with E-state index in [4.69, 9.17) is 4.74 Å². The number of hydrogen-bond donors (Lipinski definition) is 1. The Morgan fingerprint density at radius 1 is 1.22 bits per heavy atom. The van der Waals surface area contributed by atoms with Crippen LogP contribution in [-0.2, 0) is 11.3 Å². The Hall–Kier alpha value is -1.39. The highest BCUT2D eigenvalue weighted by Crippen LogP contribution is 2.31. The van der Waals surface area contributed by atoms with E-state index in [-0.39, 0.29) is 5.91 Å². The normalized spacial score (nSPS) is 29.3. The molecule has 23 heavy (non-hydrogen) atoms. The Bertz CT molecular complexity index is 582. The first kappa shape index (κ1) is 15.2. The lowest BCUT2D eigenvalue weighted by Crippen LogP contribution is -2.51. The molecule has 1 saturated heterocycles. The SMILES string of the molecule is O=C1NC2(CCN(CC3CCCCC3)C2)OCc2ccccc21. The Kier molecular flexibility index (Phi) is 4.12. The van der Waals surface area contributed by atoms with Gasteiger partial charge in [-0.15, -0.1) is 0 Å². The molecule has 2 aliphatic heterocycles. The molecule has 1 saturated carbocycles. The van der Waals surface area contributed by atoms with Crippen molar-refractivity contribution in [3.63, 3.8) is 0 Å². The van der Waals surface area contributed by atoms with E-state index in [1.165, 1.54) is 32.1 Å². The topological polar surface area (TPSA) is 41.6 Å². The highest BCUT2D eigenvalue weighted by Gasteiger charge is 2.42. The number of fused-ring (bicyclic) bond motifs is 1. The minimum atomic E-state index is -0.495. The van der Waals surface area contributed by atoms with Gasteiger partial charge in [0, 0.05) is 31.6 Å². The number of rotatable bonds is 2. The molecule has 3 aliphatic rings. The van der Waals surface area contributed by atoms with Gasteiger partial charge in [0.2, 0.25) is 0 Å². The molecule has 2 fully saturated rings. The van der Waals surface area contributed by atoms with Crippen molar-refractivity contribution in [2.24, 2.45) is 5.92 Å². The third kappa shape index (κ3) is 3.15. The Balaban J connectivity index is 1.43. The lowest BCUT2D eigenvalue weighted by molar-refractivity contribution is -0.0633. The maximum atomic E-state index is 12.6. The van der Waals surface area contributed by atoms with Gasteiger partial charge in [-0.25, -0.2) is 0 Å². The van der Waals surface area contributed by atoms with Crippen LogP contribution in [0.1, 0.15) is 54.4 Å². The minimum absolute atomic E-state index is 0.0117. The maximum Gasteiger partial charge on any atom is 0.253 e. The summed E-state index contributed by atoms with van der Waals surface area (Å²) in [6.07, 6.45) is 7.78. The van der Waals surface area contributed by atoms with Crippen molar-refractivity contribution >= 4 is 5.91 Å². The molecule has 4 heteroatoms. The summed E-state index contributed by atoms with van der Waals surface area (Å²) in [7, 11) is 0. The van der Waals surface area contributed by atoms with Crippen LogP contribution in [-0.4, -0.2) is 36.2 Å². The van der Waals surface area contributed by atoms with Crippen molar-refractivity contribution in [2.75, 3.05) is 19.6 Å². The Morgan fingerprint density at radius 2 is 2.04 bits per heavy atom. The number of amides is 1. The van der Waals surface area contributed by atoms with Crippen LogP contribution in [0.25, 0.3) is 0 Å². The molecule has 1 aromatic rings. The number of carbonyl (C=O) groups excluding carboxylic acids is 1. The molecule has 4 rings (SSSR count). The van der Waals surface area contributed by atoms with Gasteiger partial charge < -0.3 is 10.1 Å². The summed E-state index contributed by atoms with van der Waals surface area (Å²) in [4.78, 5) is 15.0. The first-order valence-corrected chi connectivity index (χ1v) is 9.01. The summed E-state index contributed by atoms with van der Waals surface area (Å²) >= 11 is 0. The van der Waals surface area contributed by atoms with Crippen LogP contribution in [0.2, 0.25) is 0 Å². The lowest BCUT2D eigenvalue weighted by atomic mass is 9.89. The molecule has 0 radical (unpaired) electrons. The fourth-order valence-corrected chi connectivity index (χ4v) is 4.36. The van der Waals surface area contributed by atoms with Gasteiger partial charge in [0.15, 0.2) is 5.72 Å². The van der Waals surface area contributed by atoms with E-state index in [0.29, 0.717) is 6.61 Å². The van der Waals surface area contributed by atoms with Gasteiger partial charge in [-0.2, -0.15) is 0 Å². The second-order valence-corrected chi connectivity index (χ2v) is 7.38. The van der Waals surface area contributed by atoms with Crippen molar-refractivity contribution in [1.82, 2.24) is 10.2 Å². The second-order valence-electron chi connectivity index (χ2n) is 7.38. The van der Waals surface area contributed by atoms with Gasteiger partial charge in [0.25, 0.3) is 5.91 Å². The van der Waals surface area contributed by atoms with Crippen LogP contribution in [0.3, 0.4) is 0 Å². The fourth-order valence-electron chi connectivity index (χ4n) is 4.36. The summed E-state index contributed by atoms with van der Waals surface area (Å²) in [5, 5.41) is 3.17. The fraction of sp³-hybridized carbons (Fsp3) is 0.632. The van der Waals surface area contributed by atoms with Crippen molar-refractivity contribution in [1.29, 1.82) is 0 Å². The zero-order valence-corrected chi connectivity index (χ0v) is 13.7. The van der Waals surface area contributed by atoms with Gasteiger partial charge >= 0.3 is 0 Å². The summed E-state index contributed by atoms with van der Waals surface area (Å²) < 4.78 is 6.19. The molecule has 1 spiro atoms. The zero-order chi connectivity index (χ0) is 15.7. The highest BCUT2D eigenvalue weighted by molar-refractivity contribution is 5.96. The first-order chi connectivity index (χ1) is 11.2. The quantitative estimate of drug-likeness (QED) is 0.912. The van der Waals surface area contributed by atoms with Crippen molar-refractivity contribution in [3.8, 4) is 0 Å². The standard InChI is InChI=1S/C19H26N2O2/c22-18-17-9-5-4-8-16(17)13-23-19(20-18)10-11-21(14-19)12-15-6-2-1-3-7-15/h4-5,8-9,15H,1-3,6-7,10-14H2,(H,20,22). The number of nitrogens with one attached hydrogen (secondary N) is 1. The molecule has 1 N–H and O–H groups in total. The molecule has 1 atom stereocenters. The average molecular weight is 314 g/mol. The summed E-state index contributed by atoms with van der Waals surface area (Å²) in [5.74, 6) is 0.843. The van der Waals surface area contributed by atoms with Crippen LogP contribution in [0.15, 0.2) is 24.3 Å². The van der Waals surface area contributed by atoms with E-state index in [1.54, 1.807) is 0 Å². The van der Waals surface area contributed by atoms with E-state index in [9.17, 15) is 4.79 Å². The lowest BCUT2D eigenvalue weighted by Gasteiger charge is -2.31. The number of likely N-dealkylation sites (tertiary alicyclic amines) is 1. The molecular weight excluding hydrogens is 288 g/mol. The summed E-state index contributed by atoms with van der Waals surface area (Å²) in [6, 6.07) is 7.77. The molecule has 1 aliphatic carbocycles. The largest absolute Gasteiger partial charge is 0.350 e. The van der Waals surface area contributed by atoms with Gasteiger partial charge in [0.1, 0.15) is 0 Å². The van der Waals surface area contributed by atoms with E-state index in [1.807, 2.05) is 24.3 Å². The van der Waals surface area contributed by atoms with Crippen molar-refractivity contribution in [2.45, 2.75) is 50.9 Å². The van der Waals surface area contributed by atoms with Gasteiger partial charge in [-0.1, -0.05) is 37.5 Å². The Labute approximate surface area is 138 Å². The number of carbonyl (C=O) groups is 1. The van der Waals surface area contributed by atoms with E-state index in [0.717, 1.165) is 43.1 Å². The molecule has 124 valence electrons. The van der Waals surface area contributed by atoms with E-state index >= 15 is 0 Å². The molecule has 2 heterocycles. The minimum Gasteiger partial charge on any atom is -0.350 e.